The minimum Gasteiger partial charge on any atom is -0.349 e. The van der Waals surface area contributed by atoms with Gasteiger partial charge in [0.15, 0.2) is 0 Å². The summed E-state index contributed by atoms with van der Waals surface area (Å²) in [7, 11) is 0. The van der Waals surface area contributed by atoms with Crippen LogP contribution in [0.5, 0.6) is 0 Å². The molecule has 0 aliphatic rings. The Labute approximate surface area is 103 Å². The van der Waals surface area contributed by atoms with Crippen LogP contribution in [0.4, 0.5) is 4.39 Å². The van der Waals surface area contributed by atoms with Crippen LogP contribution in [0.15, 0.2) is 24.3 Å². The van der Waals surface area contributed by atoms with E-state index in [0.717, 1.165) is 12.0 Å². The number of benzene rings is 1. The second-order valence-electron chi connectivity index (χ2n) is 3.66. The summed E-state index contributed by atoms with van der Waals surface area (Å²) in [6.45, 7) is 3.76. The molecule has 0 fully saturated rings. The van der Waals surface area contributed by atoms with Crippen molar-refractivity contribution in [2.45, 2.75) is 31.1 Å². The smallest absolute Gasteiger partial charge is 0.234 e. The molecular weight excluding hydrogens is 273 g/mol. The van der Waals surface area contributed by atoms with Crippen LogP contribution in [0.1, 0.15) is 31.9 Å². The number of halogens is 2. The molecule has 0 aliphatic carbocycles. The first-order chi connectivity index (χ1) is 7.54. The van der Waals surface area contributed by atoms with Crippen molar-refractivity contribution >= 4 is 21.8 Å². The molecule has 0 saturated heterocycles. The third kappa shape index (κ3) is 3.59. The highest BCUT2D eigenvalue weighted by molar-refractivity contribution is 9.10. The van der Waals surface area contributed by atoms with Crippen LogP contribution in [0.3, 0.4) is 0 Å². The molecule has 0 radical (unpaired) electrons. The zero-order chi connectivity index (χ0) is 12.1. The van der Waals surface area contributed by atoms with Crippen molar-refractivity contribution in [3.8, 4) is 0 Å². The maximum Gasteiger partial charge on any atom is 0.234 e. The normalized spacial score (nSPS) is 14.2. The number of alkyl halides is 1. The molecule has 0 aromatic heterocycles. The zero-order valence-electron chi connectivity index (χ0n) is 9.34. The SMILES string of the molecule is CCC(Br)C(=O)NC(C)c1cccc(F)c1. The Bertz CT molecular complexity index is 370. The molecule has 2 atom stereocenters. The number of amides is 1. The van der Waals surface area contributed by atoms with Crippen molar-refractivity contribution < 1.29 is 9.18 Å². The van der Waals surface area contributed by atoms with E-state index in [9.17, 15) is 9.18 Å². The quantitative estimate of drug-likeness (QED) is 0.847. The average Bonchev–Trinajstić information content (AvgIpc) is 2.27. The minimum atomic E-state index is -0.288. The number of carbonyl (C=O) groups excluding carboxylic acids is 1. The van der Waals surface area contributed by atoms with Crippen LogP contribution in [-0.2, 0) is 4.79 Å². The van der Waals surface area contributed by atoms with E-state index in [2.05, 4.69) is 21.2 Å². The van der Waals surface area contributed by atoms with Gasteiger partial charge in [-0.25, -0.2) is 4.39 Å². The Kier molecular flexibility index (Phi) is 4.93. The first-order valence-corrected chi connectivity index (χ1v) is 6.16. The van der Waals surface area contributed by atoms with E-state index in [1.807, 2.05) is 13.8 Å². The molecule has 0 saturated carbocycles. The van der Waals surface area contributed by atoms with Crippen LogP contribution in [0, 0.1) is 5.82 Å². The topological polar surface area (TPSA) is 29.1 Å². The van der Waals surface area contributed by atoms with E-state index in [4.69, 9.17) is 0 Å². The zero-order valence-corrected chi connectivity index (χ0v) is 10.9. The number of hydrogen-bond acceptors (Lipinski definition) is 1. The first kappa shape index (κ1) is 13.2. The summed E-state index contributed by atoms with van der Waals surface area (Å²) >= 11 is 3.27. The minimum absolute atomic E-state index is 0.0701. The summed E-state index contributed by atoms with van der Waals surface area (Å²) < 4.78 is 13.0. The first-order valence-electron chi connectivity index (χ1n) is 5.24. The van der Waals surface area contributed by atoms with Crippen LogP contribution in [0.2, 0.25) is 0 Å². The average molecular weight is 288 g/mol. The summed E-state index contributed by atoms with van der Waals surface area (Å²) in [6, 6.07) is 6.06. The van der Waals surface area contributed by atoms with E-state index in [1.54, 1.807) is 12.1 Å². The maximum absolute atomic E-state index is 13.0. The monoisotopic (exact) mass is 287 g/mol. The van der Waals surface area contributed by atoms with Gasteiger partial charge in [0, 0.05) is 0 Å². The maximum atomic E-state index is 13.0. The summed E-state index contributed by atoms with van der Waals surface area (Å²) in [4.78, 5) is 11.4. The number of nitrogens with one attached hydrogen (secondary N) is 1. The molecule has 1 amide bonds. The molecule has 2 nitrogen and oxygen atoms in total. The van der Waals surface area contributed by atoms with Crippen molar-refractivity contribution in [1.82, 2.24) is 5.32 Å². The Morgan fingerprint density at radius 3 is 2.81 bits per heavy atom. The van der Waals surface area contributed by atoms with Crippen LogP contribution < -0.4 is 5.32 Å². The molecule has 1 aromatic rings. The predicted molar refractivity (Wildman–Crippen MR) is 66.0 cm³/mol. The van der Waals surface area contributed by atoms with Crippen molar-refractivity contribution in [3.05, 3.63) is 35.6 Å². The van der Waals surface area contributed by atoms with E-state index in [1.165, 1.54) is 12.1 Å². The number of hydrogen-bond donors (Lipinski definition) is 1. The number of rotatable bonds is 4. The fourth-order valence-electron chi connectivity index (χ4n) is 1.35. The predicted octanol–water partition coefficient (Wildman–Crippen LogP) is 3.18. The Morgan fingerprint density at radius 2 is 2.25 bits per heavy atom. The molecule has 0 heterocycles. The van der Waals surface area contributed by atoms with Crippen LogP contribution >= 0.6 is 15.9 Å². The molecule has 0 aliphatic heterocycles. The fourth-order valence-corrected chi connectivity index (χ4v) is 1.48. The summed E-state index contributed by atoms with van der Waals surface area (Å²) in [5.74, 6) is -0.358. The van der Waals surface area contributed by atoms with Gasteiger partial charge in [0.25, 0.3) is 0 Å². The molecule has 1 aromatic carbocycles. The van der Waals surface area contributed by atoms with Gasteiger partial charge in [-0.2, -0.15) is 0 Å². The lowest BCUT2D eigenvalue weighted by Crippen LogP contribution is -2.32. The summed E-state index contributed by atoms with van der Waals surface area (Å²) in [5.41, 5.74) is 0.768. The van der Waals surface area contributed by atoms with Gasteiger partial charge >= 0.3 is 0 Å². The Morgan fingerprint density at radius 1 is 1.56 bits per heavy atom. The summed E-state index contributed by atoms with van der Waals surface area (Å²) in [5, 5.41) is 2.82. The lowest BCUT2D eigenvalue weighted by molar-refractivity contribution is -0.121. The molecule has 1 rings (SSSR count). The Hall–Kier alpha value is -0.900. The highest BCUT2D eigenvalue weighted by Crippen LogP contribution is 2.15. The van der Waals surface area contributed by atoms with Crippen molar-refractivity contribution in [2.24, 2.45) is 0 Å². The third-order valence-corrected chi connectivity index (χ3v) is 3.41. The van der Waals surface area contributed by atoms with Crippen LogP contribution in [-0.4, -0.2) is 10.7 Å². The summed E-state index contributed by atoms with van der Waals surface area (Å²) in [6.07, 6.45) is 0.724. The van der Waals surface area contributed by atoms with Gasteiger partial charge in [-0.05, 0) is 31.0 Å². The van der Waals surface area contributed by atoms with Crippen molar-refractivity contribution in [2.75, 3.05) is 0 Å². The Balaban J connectivity index is 2.65. The fraction of sp³-hybridized carbons (Fsp3) is 0.417. The molecule has 1 N–H and O–H groups in total. The van der Waals surface area contributed by atoms with Gasteiger partial charge in [-0.15, -0.1) is 0 Å². The van der Waals surface area contributed by atoms with E-state index in [0.29, 0.717) is 0 Å². The molecule has 4 heteroatoms. The molecule has 0 spiro atoms. The van der Waals surface area contributed by atoms with E-state index < -0.39 is 0 Å². The van der Waals surface area contributed by atoms with E-state index in [-0.39, 0.29) is 22.6 Å². The molecular formula is C12H15BrFNO. The van der Waals surface area contributed by atoms with Gasteiger partial charge in [-0.1, -0.05) is 35.0 Å². The van der Waals surface area contributed by atoms with Gasteiger partial charge in [0.2, 0.25) is 5.91 Å². The highest BCUT2D eigenvalue weighted by Gasteiger charge is 2.15. The van der Waals surface area contributed by atoms with Crippen LogP contribution in [0.25, 0.3) is 0 Å². The molecule has 0 bridgehead atoms. The second-order valence-corrected chi connectivity index (χ2v) is 4.77. The van der Waals surface area contributed by atoms with Gasteiger partial charge in [-0.3, -0.25) is 4.79 Å². The molecule has 88 valence electrons. The largest absolute Gasteiger partial charge is 0.349 e. The molecule has 2 unspecified atom stereocenters. The number of carbonyl (C=O) groups is 1. The van der Waals surface area contributed by atoms with Crippen molar-refractivity contribution in [1.29, 1.82) is 0 Å². The molecule has 16 heavy (non-hydrogen) atoms. The second kappa shape index (κ2) is 5.99. The highest BCUT2D eigenvalue weighted by atomic mass is 79.9. The van der Waals surface area contributed by atoms with Gasteiger partial charge < -0.3 is 5.32 Å². The van der Waals surface area contributed by atoms with E-state index >= 15 is 0 Å². The lowest BCUT2D eigenvalue weighted by Gasteiger charge is -2.16. The van der Waals surface area contributed by atoms with Crippen molar-refractivity contribution in [3.63, 3.8) is 0 Å². The third-order valence-electron chi connectivity index (χ3n) is 2.35. The lowest BCUT2D eigenvalue weighted by atomic mass is 10.1. The van der Waals surface area contributed by atoms with Gasteiger partial charge in [0.1, 0.15) is 5.82 Å². The standard InChI is InChI=1S/C12H15BrFNO/c1-3-11(13)12(16)15-8(2)9-5-4-6-10(14)7-9/h4-8,11H,3H2,1-2H3,(H,15,16). The van der Waals surface area contributed by atoms with Gasteiger partial charge in [0.05, 0.1) is 10.9 Å².